The van der Waals surface area contributed by atoms with Gasteiger partial charge >= 0.3 is 0 Å². The molecule has 0 aromatic carbocycles. The van der Waals surface area contributed by atoms with E-state index in [-0.39, 0.29) is 24.8 Å². The van der Waals surface area contributed by atoms with Gasteiger partial charge < -0.3 is 11.1 Å². The minimum atomic E-state index is 0. The van der Waals surface area contributed by atoms with E-state index < -0.39 is 0 Å². The molecule has 2 nitrogen and oxygen atoms in total. The minimum Gasteiger partial charge on any atom is -0.330 e. The summed E-state index contributed by atoms with van der Waals surface area (Å²) in [7, 11) is 0. The summed E-state index contributed by atoms with van der Waals surface area (Å²) in [6.45, 7) is 0.852. The highest BCUT2D eigenvalue weighted by Crippen LogP contribution is 2.37. The monoisotopic (exact) mass is 268 g/mol. The number of rotatable bonds is 3. The second kappa shape index (κ2) is 7.75. The van der Waals surface area contributed by atoms with Crippen molar-refractivity contribution in [1.29, 1.82) is 0 Å². The predicted molar refractivity (Wildman–Crippen MR) is 74.8 cm³/mol. The molecule has 2 aliphatic rings. The lowest BCUT2D eigenvalue weighted by atomic mass is 9.81. The Morgan fingerprint density at radius 2 is 1.75 bits per heavy atom. The average Bonchev–Trinajstić information content (AvgIpc) is 2.60. The van der Waals surface area contributed by atoms with Crippen molar-refractivity contribution in [3.63, 3.8) is 0 Å². The maximum atomic E-state index is 5.55. The Bertz CT molecular complexity index is 182. The molecule has 1 unspecified atom stereocenters. The van der Waals surface area contributed by atoms with Crippen molar-refractivity contribution in [2.45, 2.75) is 69.4 Å². The van der Waals surface area contributed by atoms with Crippen LogP contribution in [-0.2, 0) is 0 Å². The maximum Gasteiger partial charge on any atom is 0.0184 e. The second-order valence-corrected chi connectivity index (χ2v) is 5.15. The molecule has 0 aromatic heterocycles. The van der Waals surface area contributed by atoms with Crippen LogP contribution in [0.1, 0.15) is 57.8 Å². The first kappa shape index (κ1) is 16.5. The van der Waals surface area contributed by atoms with Crippen LogP contribution >= 0.6 is 24.8 Å². The molecule has 98 valence electrons. The quantitative estimate of drug-likeness (QED) is 0.826. The Morgan fingerprint density at radius 1 is 1.06 bits per heavy atom. The third-order valence-corrected chi connectivity index (χ3v) is 4.05. The first-order valence-corrected chi connectivity index (χ1v) is 6.32. The van der Waals surface area contributed by atoms with Crippen LogP contribution in [0.5, 0.6) is 0 Å². The van der Waals surface area contributed by atoms with E-state index in [4.69, 9.17) is 5.73 Å². The van der Waals surface area contributed by atoms with Crippen molar-refractivity contribution in [1.82, 2.24) is 5.32 Å². The van der Waals surface area contributed by atoms with E-state index in [1.807, 2.05) is 0 Å². The first-order chi connectivity index (χ1) is 6.85. The van der Waals surface area contributed by atoms with Gasteiger partial charge in [-0.3, -0.25) is 0 Å². The van der Waals surface area contributed by atoms with Crippen LogP contribution in [-0.4, -0.2) is 18.1 Å². The standard InChI is InChI=1S/C12H24N2.2ClH/c13-10-4-5-11-6-9-12(14-11)7-2-1-3-8-12;;/h11,14H,1-10,13H2;2*1H. The van der Waals surface area contributed by atoms with Crippen molar-refractivity contribution < 1.29 is 0 Å². The fourth-order valence-electron chi connectivity index (χ4n) is 3.23. The van der Waals surface area contributed by atoms with E-state index in [0.29, 0.717) is 5.54 Å². The third kappa shape index (κ3) is 4.06. The zero-order valence-corrected chi connectivity index (χ0v) is 11.7. The minimum absolute atomic E-state index is 0. The highest BCUT2D eigenvalue weighted by atomic mass is 35.5. The van der Waals surface area contributed by atoms with Gasteiger partial charge in [0.15, 0.2) is 0 Å². The van der Waals surface area contributed by atoms with Crippen molar-refractivity contribution in [2.75, 3.05) is 6.54 Å². The first-order valence-electron chi connectivity index (χ1n) is 6.32. The van der Waals surface area contributed by atoms with Crippen LogP contribution in [0, 0.1) is 0 Å². The lowest BCUT2D eigenvalue weighted by Crippen LogP contribution is -2.44. The van der Waals surface area contributed by atoms with E-state index in [1.54, 1.807) is 0 Å². The van der Waals surface area contributed by atoms with Crippen LogP contribution in [0.4, 0.5) is 0 Å². The smallest absolute Gasteiger partial charge is 0.0184 e. The van der Waals surface area contributed by atoms with Gasteiger partial charge in [-0.1, -0.05) is 19.3 Å². The Labute approximate surface area is 112 Å². The molecule has 1 heterocycles. The lowest BCUT2D eigenvalue weighted by molar-refractivity contribution is 0.251. The molecule has 1 spiro atoms. The molecule has 2 rings (SSSR count). The van der Waals surface area contributed by atoms with Gasteiger partial charge in [0.1, 0.15) is 0 Å². The fourth-order valence-corrected chi connectivity index (χ4v) is 3.23. The number of nitrogens with two attached hydrogens (primary N) is 1. The summed E-state index contributed by atoms with van der Waals surface area (Å²) in [5.41, 5.74) is 6.10. The number of nitrogens with one attached hydrogen (secondary N) is 1. The Morgan fingerprint density at radius 3 is 2.38 bits per heavy atom. The zero-order chi connectivity index (χ0) is 9.86. The maximum absolute atomic E-state index is 5.55. The number of hydrogen-bond acceptors (Lipinski definition) is 2. The van der Waals surface area contributed by atoms with Crippen LogP contribution in [0.3, 0.4) is 0 Å². The van der Waals surface area contributed by atoms with Gasteiger partial charge in [0, 0.05) is 11.6 Å². The topological polar surface area (TPSA) is 38.0 Å². The third-order valence-electron chi connectivity index (χ3n) is 4.05. The molecule has 1 saturated heterocycles. The molecule has 1 saturated carbocycles. The van der Waals surface area contributed by atoms with E-state index in [0.717, 1.165) is 12.6 Å². The van der Waals surface area contributed by atoms with Crippen LogP contribution < -0.4 is 11.1 Å². The van der Waals surface area contributed by atoms with Crippen LogP contribution in [0.15, 0.2) is 0 Å². The largest absolute Gasteiger partial charge is 0.330 e. The predicted octanol–water partition coefficient (Wildman–Crippen LogP) is 3.02. The number of halogens is 2. The molecule has 16 heavy (non-hydrogen) atoms. The Hall–Kier alpha value is 0.500. The van der Waals surface area contributed by atoms with Gasteiger partial charge in [0.2, 0.25) is 0 Å². The van der Waals surface area contributed by atoms with E-state index in [2.05, 4.69) is 5.32 Å². The Balaban J connectivity index is 0.00000112. The van der Waals surface area contributed by atoms with Crippen molar-refractivity contribution in [3.8, 4) is 0 Å². The van der Waals surface area contributed by atoms with Gasteiger partial charge in [-0.25, -0.2) is 0 Å². The molecular formula is C12H26Cl2N2. The van der Waals surface area contributed by atoms with Gasteiger partial charge in [-0.05, 0) is 45.1 Å². The molecule has 0 radical (unpaired) electrons. The highest BCUT2D eigenvalue weighted by Gasteiger charge is 2.38. The molecule has 1 aliphatic carbocycles. The molecule has 2 fully saturated rings. The van der Waals surface area contributed by atoms with Crippen LogP contribution in [0.2, 0.25) is 0 Å². The summed E-state index contributed by atoms with van der Waals surface area (Å²) in [4.78, 5) is 0. The van der Waals surface area contributed by atoms with Gasteiger partial charge in [-0.15, -0.1) is 24.8 Å². The van der Waals surface area contributed by atoms with Crippen molar-refractivity contribution >= 4 is 24.8 Å². The Kier molecular flexibility index (Phi) is 8.00. The molecule has 1 aliphatic heterocycles. The summed E-state index contributed by atoms with van der Waals surface area (Å²) < 4.78 is 0. The highest BCUT2D eigenvalue weighted by molar-refractivity contribution is 5.85. The molecule has 0 aromatic rings. The van der Waals surface area contributed by atoms with E-state index in [9.17, 15) is 0 Å². The zero-order valence-electron chi connectivity index (χ0n) is 10.0. The van der Waals surface area contributed by atoms with E-state index in [1.165, 1.54) is 57.8 Å². The summed E-state index contributed by atoms with van der Waals surface area (Å²) in [6.07, 6.45) is 12.5. The van der Waals surface area contributed by atoms with Crippen molar-refractivity contribution in [2.24, 2.45) is 5.73 Å². The average molecular weight is 269 g/mol. The second-order valence-electron chi connectivity index (χ2n) is 5.15. The summed E-state index contributed by atoms with van der Waals surface area (Å²) >= 11 is 0. The molecule has 0 amide bonds. The normalized spacial score (nSPS) is 27.2. The molecule has 0 bridgehead atoms. The van der Waals surface area contributed by atoms with Gasteiger partial charge in [-0.2, -0.15) is 0 Å². The van der Waals surface area contributed by atoms with Crippen molar-refractivity contribution in [3.05, 3.63) is 0 Å². The number of hydrogen-bond donors (Lipinski definition) is 2. The molecule has 1 atom stereocenters. The summed E-state index contributed by atoms with van der Waals surface area (Å²) in [6, 6.07) is 0.775. The molecule has 4 heteroatoms. The SMILES string of the molecule is Cl.Cl.NCCCC1CCC2(CCCCC2)N1. The summed E-state index contributed by atoms with van der Waals surface area (Å²) in [5, 5.41) is 3.89. The van der Waals surface area contributed by atoms with E-state index >= 15 is 0 Å². The molecule has 3 N–H and O–H groups in total. The lowest BCUT2D eigenvalue weighted by Gasteiger charge is -2.34. The van der Waals surface area contributed by atoms with Crippen LogP contribution in [0.25, 0.3) is 0 Å². The van der Waals surface area contributed by atoms with Gasteiger partial charge in [0.25, 0.3) is 0 Å². The fraction of sp³-hybridized carbons (Fsp3) is 1.00. The molecular weight excluding hydrogens is 243 g/mol. The summed E-state index contributed by atoms with van der Waals surface area (Å²) in [5.74, 6) is 0. The van der Waals surface area contributed by atoms with Gasteiger partial charge in [0.05, 0.1) is 0 Å².